The Kier molecular flexibility index (Phi) is 9.53. The molecule has 214 valence electrons. The van der Waals surface area contributed by atoms with Crippen LogP contribution in [-0.4, -0.2) is 62.9 Å². The van der Waals surface area contributed by atoms with Crippen molar-refractivity contribution in [3.05, 3.63) is 82.9 Å². The number of carbonyl (C=O) groups is 2. The van der Waals surface area contributed by atoms with Gasteiger partial charge in [0.2, 0.25) is 0 Å². The number of hydrogen-bond acceptors (Lipinski definition) is 6. The highest BCUT2D eigenvalue weighted by molar-refractivity contribution is 7.92. The number of aromatic carboxylic acids is 1. The highest BCUT2D eigenvalue weighted by Crippen LogP contribution is 2.32. The van der Waals surface area contributed by atoms with Gasteiger partial charge >= 0.3 is 18.1 Å². The lowest BCUT2D eigenvalue weighted by atomic mass is 10.1. The predicted molar refractivity (Wildman–Crippen MR) is 145 cm³/mol. The molecule has 9 nitrogen and oxygen atoms in total. The van der Waals surface area contributed by atoms with Gasteiger partial charge in [0.25, 0.3) is 10.0 Å². The van der Waals surface area contributed by atoms with E-state index in [1.165, 1.54) is 24.3 Å². The Bertz CT molecular complexity index is 1480. The van der Waals surface area contributed by atoms with Crippen molar-refractivity contribution in [3.63, 3.8) is 0 Å². The number of alkyl halides is 3. The molecule has 40 heavy (non-hydrogen) atoms. The Labute approximate surface area is 233 Å². The first-order valence-electron chi connectivity index (χ1n) is 11.7. The number of benzene rings is 3. The van der Waals surface area contributed by atoms with E-state index in [4.69, 9.17) is 21.5 Å². The fraction of sp³-hybridized carbons (Fsp3) is 0.231. The summed E-state index contributed by atoms with van der Waals surface area (Å²) in [6, 6.07) is 18.7. The molecule has 1 saturated heterocycles. The Morgan fingerprint density at radius 2 is 1.40 bits per heavy atom. The Morgan fingerprint density at radius 1 is 0.875 bits per heavy atom. The fourth-order valence-corrected chi connectivity index (χ4v) is 5.16. The number of aliphatic carboxylic acids is 1. The molecule has 0 unspecified atom stereocenters. The van der Waals surface area contributed by atoms with Gasteiger partial charge in [-0.3, -0.25) is 4.72 Å². The molecule has 14 heteroatoms. The molecule has 0 atom stereocenters. The van der Waals surface area contributed by atoms with Gasteiger partial charge in [-0.15, -0.1) is 0 Å². The second-order valence-corrected chi connectivity index (χ2v) is 10.8. The van der Waals surface area contributed by atoms with E-state index in [0.717, 1.165) is 11.3 Å². The zero-order chi connectivity index (χ0) is 29.7. The molecule has 3 aromatic carbocycles. The Morgan fingerprint density at radius 3 is 1.90 bits per heavy atom. The summed E-state index contributed by atoms with van der Waals surface area (Å²) >= 11 is 6.34. The second-order valence-electron chi connectivity index (χ2n) is 8.68. The van der Waals surface area contributed by atoms with Crippen molar-refractivity contribution in [1.82, 2.24) is 0 Å². The first-order valence-corrected chi connectivity index (χ1v) is 13.6. The van der Waals surface area contributed by atoms with E-state index in [0.29, 0.717) is 36.9 Å². The van der Waals surface area contributed by atoms with Crippen molar-refractivity contribution < 1.29 is 41.4 Å². The SMILES string of the molecule is Cc1ccc(S(=O)(=O)Nc2cc(C(=O)O)ccc2N2CCN(c3ccccc3Cl)CC2)cc1.O=C(O)C(F)(F)F. The summed E-state index contributed by atoms with van der Waals surface area (Å²) in [5.41, 5.74) is 2.78. The van der Waals surface area contributed by atoms with Gasteiger partial charge in [0.05, 0.1) is 32.5 Å². The van der Waals surface area contributed by atoms with Crippen LogP contribution in [-0.2, 0) is 14.8 Å². The maximum absolute atomic E-state index is 13.0. The number of para-hydroxylation sites is 1. The summed E-state index contributed by atoms with van der Waals surface area (Å²) in [7, 11) is -3.89. The summed E-state index contributed by atoms with van der Waals surface area (Å²) in [4.78, 5) is 24.8. The van der Waals surface area contributed by atoms with Gasteiger partial charge < -0.3 is 20.0 Å². The van der Waals surface area contributed by atoms with Crippen LogP contribution in [0.25, 0.3) is 0 Å². The summed E-state index contributed by atoms with van der Waals surface area (Å²) in [5, 5.41) is 17.2. The van der Waals surface area contributed by atoms with E-state index in [2.05, 4.69) is 9.62 Å². The van der Waals surface area contributed by atoms with Crippen LogP contribution in [0, 0.1) is 6.92 Å². The lowest BCUT2D eigenvalue weighted by Crippen LogP contribution is -2.46. The number of nitrogens with one attached hydrogen (secondary N) is 1. The third-order valence-electron chi connectivity index (χ3n) is 5.88. The normalized spacial score (nSPS) is 13.7. The number of sulfonamides is 1. The van der Waals surface area contributed by atoms with Gasteiger partial charge in [-0.2, -0.15) is 13.2 Å². The molecule has 0 bridgehead atoms. The summed E-state index contributed by atoms with van der Waals surface area (Å²) in [6.45, 7) is 4.50. The van der Waals surface area contributed by atoms with Crippen LogP contribution in [0.5, 0.6) is 0 Å². The van der Waals surface area contributed by atoms with E-state index < -0.39 is 28.1 Å². The zero-order valence-electron chi connectivity index (χ0n) is 21.0. The van der Waals surface area contributed by atoms with Crippen LogP contribution in [0.2, 0.25) is 5.02 Å². The minimum atomic E-state index is -5.08. The molecule has 1 aliphatic rings. The van der Waals surface area contributed by atoms with Crippen LogP contribution in [0.4, 0.5) is 30.2 Å². The number of hydrogen-bond donors (Lipinski definition) is 3. The van der Waals surface area contributed by atoms with Crippen molar-refractivity contribution in [2.24, 2.45) is 0 Å². The molecule has 0 radical (unpaired) electrons. The number of aryl methyl sites for hydroxylation is 1. The van der Waals surface area contributed by atoms with Crippen molar-refractivity contribution in [2.45, 2.75) is 18.0 Å². The molecule has 1 fully saturated rings. The molecule has 0 saturated carbocycles. The number of anilines is 3. The van der Waals surface area contributed by atoms with Crippen LogP contribution in [0.1, 0.15) is 15.9 Å². The standard InChI is InChI=1S/C24H24ClN3O4S.C2HF3O2/c1-17-6-9-19(10-7-17)33(31,32)26-21-16-18(24(29)30)8-11-23(21)28-14-12-27(13-15-28)22-5-3-2-4-20(22)25;3-2(4,5)1(6)7/h2-11,16,26H,12-15H2,1H3,(H,29,30);(H,6,7). The number of carboxylic acid groups (broad SMARTS) is 2. The van der Waals surface area contributed by atoms with E-state index in [1.807, 2.05) is 36.1 Å². The fourth-order valence-electron chi connectivity index (χ4n) is 3.84. The number of rotatable bonds is 6. The number of carboxylic acids is 2. The molecule has 3 aromatic rings. The Balaban J connectivity index is 0.000000559. The highest BCUT2D eigenvalue weighted by atomic mass is 35.5. The monoisotopic (exact) mass is 599 g/mol. The zero-order valence-corrected chi connectivity index (χ0v) is 22.6. The molecule has 0 spiro atoms. The van der Waals surface area contributed by atoms with Gasteiger partial charge in [0, 0.05) is 26.2 Å². The first-order chi connectivity index (χ1) is 18.7. The van der Waals surface area contributed by atoms with Gasteiger partial charge in [-0.05, 0) is 49.4 Å². The molecule has 3 N–H and O–H groups in total. The molecular weight excluding hydrogens is 575 g/mol. The van der Waals surface area contributed by atoms with E-state index >= 15 is 0 Å². The van der Waals surface area contributed by atoms with Crippen LogP contribution in [0.15, 0.2) is 71.6 Å². The Hall–Kier alpha value is -3.97. The molecule has 1 heterocycles. The topological polar surface area (TPSA) is 127 Å². The van der Waals surface area contributed by atoms with Crippen LogP contribution in [0.3, 0.4) is 0 Å². The van der Waals surface area contributed by atoms with Gasteiger partial charge in [0.15, 0.2) is 0 Å². The maximum atomic E-state index is 13.0. The number of nitrogens with zero attached hydrogens (tertiary/aromatic N) is 2. The lowest BCUT2D eigenvalue weighted by molar-refractivity contribution is -0.192. The summed E-state index contributed by atoms with van der Waals surface area (Å²) < 4.78 is 60.3. The largest absolute Gasteiger partial charge is 0.490 e. The molecule has 4 rings (SSSR count). The number of halogens is 4. The average Bonchev–Trinajstić information content (AvgIpc) is 2.89. The van der Waals surface area contributed by atoms with Crippen molar-refractivity contribution >= 4 is 50.6 Å². The summed E-state index contributed by atoms with van der Waals surface area (Å²) in [6.07, 6.45) is -5.08. The first kappa shape index (κ1) is 30.6. The van der Waals surface area contributed by atoms with Gasteiger partial charge in [-0.1, -0.05) is 41.4 Å². The third kappa shape index (κ3) is 7.79. The molecule has 0 amide bonds. The third-order valence-corrected chi connectivity index (χ3v) is 7.58. The van der Waals surface area contributed by atoms with Crippen molar-refractivity contribution in [1.29, 1.82) is 0 Å². The van der Waals surface area contributed by atoms with Gasteiger partial charge in [-0.25, -0.2) is 18.0 Å². The minimum absolute atomic E-state index is 0.00931. The quantitative estimate of drug-likeness (QED) is 0.357. The molecular formula is C26H25ClF3N3O6S. The van der Waals surface area contributed by atoms with Crippen molar-refractivity contribution in [3.8, 4) is 0 Å². The molecule has 1 aliphatic heterocycles. The average molecular weight is 600 g/mol. The van der Waals surface area contributed by atoms with E-state index in [1.54, 1.807) is 18.2 Å². The maximum Gasteiger partial charge on any atom is 0.490 e. The highest BCUT2D eigenvalue weighted by Gasteiger charge is 2.38. The van der Waals surface area contributed by atoms with E-state index in [9.17, 15) is 31.5 Å². The van der Waals surface area contributed by atoms with E-state index in [-0.39, 0.29) is 16.1 Å². The molecule has 0 aromatic heterocycles. The number of piperazine rings is 1. The predicted octanol–water partition coefficient (Wildman–Crippen LogP) is 5.11. The van der Waals surface area contributed by atoms with Gasteiger partial charge in [0.1, 0.15) is 0 Å². The van der Waals surface area contributed by atoms with Crippen LogP contribution < -0.4 is 14.5 Å². The molecule has 0 aliphatic carbocycles. The smallest absolute Gasteiger partial charge is 0.478 e. The lowest BCUT2D eigenvalue weighted by Gasteiger charge is -2.38. The van der Waals surface area contributed by atoms with Crippen molar-refractivity contribution in [2.75, 3.05) is 40.7 Å². The van der Waals surface area contributed by atoms with Crippen LogP contribution >= 0.6 is 11.6 Å². The minimum Gasteiger partial charge on any atom is -0.478 e. The summed E-state index contributed by atoms with van der Waals surface area (Å²) in [5.74, 6) is -3.88. The second kappa shape index (κ2) is 12.5.